The van der Waals surface area contributed by atoms with Crippen LogP contribution in [0.1, 0.15) is 31.7 Å². The van der Waals surface area contributed by atoms with Crippen LogP contribution in [0.15, 0.2) is 23.1 Å². The standard InChI is InChI=1S/C15H20N2O5S/c1-2-14(18)17-9-3-4-11-10-12(5-6-13(11)17)23(21,22)16-8-7-15(19)20/h5-6,10,16H,2-4,7-9H2,1H3,(H,19,20). The Morgan fingerprint density at radius 2 is 2.09 bits per heavy atom. The lowest BCUT2D eigenvalue weighted by atomic mass is 10.0. The highest BCUT2D eigenvalue weighted by atomic mass is 32.2. The quantitative estimate of drug-likeness (QED) is 0.808. The summed E-state index contributed by atoms with van der Waals surface area (Å²) in [6.07, 6.45) is 1.62. The minimum Gasteiger partial charge on any atom is -0.481 e. The van der Waals surface area contributed by atoms with Crippen molar-refractivity contribution in [3.8, 4) is 0 Å². The summed E-state index contributed by atoms with van der Waals surface area (Å²) in [5.41, 5.74) is 1.58. The van der Waals surface area contributed by atoms with Crippen LogP contribution >= 0.6 is 0 Å². The second-order valence-electron chi connectivity index (χ2n) is 5.33. The Labute approximate surface area is 135 Å². The zero-order chi connectivity index (χ0) is 17.0. The van der Waals surface area contributed by atoms with Crippen LogP contribution in [0.3, 0.4) is 0 Å². The number of sulfonamides is 1. The van der Waals surface area contributed by atoms with Crippen LogP contribution in [0.25, 0.3) is 0 Å². The van der Waals surface area contributed by atoms with E-state index in [0.717, 1.165) is 17.7 Å². The Morgan fingerprint density at radius 3 is 2.74 bits per heavy atom. The number of nitrogens with one attached hydrogen (secondary N) is 1. The van der Waals surface area contributed by atoms with Crippen LogP contribution < -0.4 is 9.62 Å². The number of rotatable bonds is 6. The number of aryl methyl sites for hydroxylation is 1. The molecule has 0 saturated carbocycles. The average Bonchev–Trinajstić information content (AvgIpc) is 2.52. The van der Waals surface area contributed by atoms with Crippen molar-refractivity contribution in [3.63, 3.8) is 0 Å². The van der Waals surface area contributed by atoms with Gasteiger partial charge in [-0.05, 0) is 36.6 Å². The van der Waals surface area contributed by atoms with E-state index in [2.05, 4.69) is 4.72 Å². The lowest BCUT2D eigenvalue weighted by Crippen LogP contribution is -2.35. The third-order valence-electron chi connectivity index (χ3n) is 3.71. The number of hydrogen-bond donors (Lipinski definition) is 2. The lowest BCUT2D eigenvalue weighted by molar-refractivity contribution is -0.136. The molecular weight excluding hydrogens is 320 g/mol. The van der Waals surface area contributed by atoms with Gasteiger partial charge in [0.05, 0.1) is 11.3 Å². The van der Waals surface area contributed by atoms with E-state index >= 15 is 0 Å². The molecule has 0 unspecified atom stereocenters. The predicted molar refractivity (Wildman–Crippen MR) is 84.8 cm³/mol. The summed E-state index contributed by atoms with van der Waals surface area (Å²) >= 11 is 0. The first-order valence-corrected chi connectivity index (χ1v) is 8.98. The smallest absolute Gasteiger partial charge is 0.304 e. The number of aliphatic carboxylic acids is 1. The Bertz CT molecular complexity index is 715. The number of carbonyl (C=O) groups excluding carboxylic acids is 1. The highest BCUT2D eigenvalue weighted by molar-refractivity contribution is 7.89. The molecule has 0 bridgehead atoms. The Morgan fingerprint density at radius 1 is 1.35 bits per heavy atom. The maximum absolute atomic E-state index is 12.2. The second kappa shape index (κ2) is 7.10. The molecule has 126 valence electrons. The molecule has 7 nitrogen and oxygen atoms in total. The van der Waals surface area contributed by atoms with Gasteiger partial charge in [-0.3, -0.25) is 9.59 Å². The Kier molecular flexibility index (Phi) is 5.38. The van der Waals surface area contributed by atoms with Gasteiger partial charge in [-0.15, -0.1) is 0 Å². The summed E-state index contributed by atoms with van der Waals surface area (Å²) in [7, 11) is -3.75. The molecule has 2 rings (SSSR count). The van der Waals surface area contributed by atoms with E-state index in [-0.39, 0.29) is 23.8 Å². The van der Waals surface area contributed by atoms with Gasteiger partial charge in [-0.25, -0.2) is 13.1 Å². The number of nitrogens with zero attached hydrogens (tertiary/aromatic N) is 1. The van der Waals surface area contributed by atoms with Crippen molar-refractivity contribution < 1.29 is 23.1 Å². The van der Waals surface area contributed by atoms with Gasteiger partial charge in [0.1, 0.15) is 0 Å². The summed E-state index contributed by atoms with van der Waals surface area (Å²) in [4.78, 5) is 24.2. The summed E-state index contributed by atoms with van der Waals surface area (Å²) in [5, 5.41) is 8.57. The molecule has 0 radical (unpaired) electrons. The Hall–Kier alpha value is -1.93. The van der Waals surface area contributed by atoms with Gasteiger partial charge in [0.25, 0.3) is 0 Å². The first-order valence-electron chi connectivity index (χ1n) is 7.50. The SMILES string of the molecule is CCC(=O)N1CCCc2cc(S(=O)(=O)NCCC(=O)O)ccc21. The van der Waals surface area contributed by atoms with Crippen molar-refractivity contribution in [3.05, 3.63) is 23.8 Å². The van der Waals surface area contributed by atoms with E-state index in [0.29, 0.717) is 19.4 Å². The zero-order valence-corrected chi connectivity index (χ0v) is 13.7. The monoisotopic (exact) mass is 340 g/mol. The van der Waals surface area contributed by atoms with E-state index in [9.17, 15) is 18.0 Å². The van der Waals surface area contributed by atoms with Gasteiger partial charge in [0.15, 0.2) is 0 Å². The van der Waals surface area contributed by atoms with Gasteiger partial charge in [0, 0.05) is 25.2 Å². The number of hydrogen-bond acceptors (Lipinski definition) is 4. The van der Waals surface area contributed by atoms with Crippen molar-refractivity contribution in [1.82, 2.24) is 4.72 Å². The van der Waals surface area contributed by atoms with Crippen molar-refractivity contribution in [2.75, 3.05) is 18.0 Å². The van der Waals surface area contributed by atoms with E-state index in [1.165, 1.54) is 6.07 Å². The van der Waals surface area contributed by atoms with Gasteiger partial charge in [0.2, 0.25) is 15.9 Å². The van der Waals surface area contributed by atoms with Gasteiger partial charge < -0.3 is 10.0 Å². The number of carboxylic acids is 1. The topological polar surface area (TPSA) is 104 Å². The third kappa shape index (κ3) is 4.08. The molecule has 0 saturated heterocycles. The molecule has 1 aromatic rings. The van der Waals surface area contributed by atoms with E-state index in [4.69, 9.17) is 5.11 Å². The minimum atomic E-state index is -3.75. The van der Waals surface area contributed by atoms with Crippen molar-refractivity contribution in [1.29, 1.82) is 0 Å². The van der Waals surface area contributed by atoms with Crippen molar-refractivity contribution >= 4 is 27.6 Å². The number of benzene rings is 1. The molecule has 1 aliphatic heterocycles. The van der Waals surface area contributed by atoms with Crippen LogP contribution in [0.5, 0.6) is 0 Å². The molecule has 8 heteroatoms. The number of carboxylic acid groups (broad SMARTS) is 1. The van der Waals surface area contributed by atoms with Crippen LogP contribution in [0, 0.1) is 0 Å². The summed E-state index contributed by atoms with van der Waals surface area (Å²) in [5.74, 6) is -1.05. The fourth-order valence-electron chi connectivity index (χ4n) is 2.57. The van der Waals surface area contributed by atoms with E-state index in [1.54, 1.807) is 24.0 Å². The van der Waals surface area contributed by atoms with E-state index in [1.807, 2.05) is 0 Å². The summed E-state index contributed by atoms with van der Waals surface area (Å²) in [6, 6.07) is 4.66. The number of fused-ring (bicyclic) bond motifs is 1. The van der Waals surface area contributed by atoms with Crippen LogP contribution in [0.2, 0.25) is 0 Å². The summed E-state index contributed by atoms with van der Waals surface area (Å²) < 4.78 is 26.6. The molecule has 1 amide bonds. The Balaban J connectivity index is 2.23. The fourth-order valence-corrected chi connectivity index (χ4v) is 3.65. The number of anilines is 1. The molecule has 0 aromatic heterocycles. The molecule has 1 aliphatic rings. The maximum atomic E-state index is 12.2. The van der Waals surface area contributed by atoms with E-state index < -0.39 is 16.0 Å². The van der Waals surface area contributed by atoms with Crippen molar-refractivity contribution in [2.45, 2.75) is 37.5 Å². The number of amides is 1. The van der Waals surface area contributed by atoms with Crippen LogP contribution in [0.4, 0.5) is 5.69 Å². The molecule has 1 aromatic carbocycles. The fraction of sp³-hybridized carbons (Fsp3) is 0.467. The van der Waals surface area contributed by atoms with Crippen molar-refractivity contribution in [2.24, 2.45) is 0 Å². The molecule has 23 heavy (non-hydrogen) atoms. The molecule has 0 aliphatic carbocycles. The minimum absolute atomic E-state index is 0.0149. The normalized spacial score (nSPS) is 14.4. The highest BCUT2D eigenvalue weighted by Crippen LogP contribution is 2.29. The number of carbonyl (C=O) groups is 2. The molecule has 0 atom stereocenters. The molecule has 2 N–H and O–H groups in total. The predicted octanol–water partition coefficient (Wildman–Crippen LogP) is 1.13. The first kappa shape index (κ1) is 17.4. The van der Waals surface area contributed by atoms with Crippen LogP contribution in [-0.2, 0) is 26.0 Å². The molecule has 0 spiro atoms. The molecular formula is C15H20N2O5S. The lowest BCUT2D eigenvalue weighted by Gasteiger charge is -2.29. The maximum Gasteiger partial charge on any atom is 0.304 e. The van der Waals surface area contributed by atoms with Crippen LogP contribution in [-0.4, -0.2) is 38.5 Å². The summed E-state index contributed by atoms with van der Waals surface area (Å²) in [6.45, 7) is 2.28. The second-order valence-corrected chi connectivity index (χ2v) is 7.10. The average molecular weight is 340 g/mol. The molecule has 0 fully saturated rings. The first-order chi connectivity index (χ1) is 10.8. The van der Waals surface area contributed by atoms with Gasteiger partial charge in [-0.2, -0.15) is 0 Å². The van der Waals surface area contributed by atoms with Gasteiger partial charge in [-0.1, -0.05) is 6.92 Å². The zero-order valence-electron chi connectivity index (χ0n) is 12.9. The molecule has 1 heterocycles. The highest BCUT2D eigenvalue weighted by Gasteiger charge is 2.23. The van der Waals surface area contributed by atoms with Gasteiger partial charge >= 0.3 is 5.97 Å². The largest absolute Gasteiger partial charge is 0.481 e. The third-order valence-corrected chi connectivity index (χ3v) is 5.17.